The van der Waals surface area contributed by atoms with E-state index in [1.165, 1.54) is 0 Å². The van der Waals surface area contributed by atoms with Crippen molar-refractivity contribution in [2.45, 2.75) is 25.7 Å². The normalized spacial score (nSPS) is 8.67. The van der Waals surface area contributed by atoms with Crippen LogP contribution in [0.25, 0.3) is 0 Å². The van der Waals surface area contributed by atoms with Gasteiger partial charge in [-0.3, -0.25) is 19.2 Å². The van der Waals surface area contributed by atoms with Crippen molar-refractivity contribution in [1.29, 1.82) is 0 Å². The third kappa shape index (κ3) is 21.0. The third-order valence-corrected chi connectivity index (χ3v) is 2.04. The Hall–Kier alpha value is -3.30. The topological polar surface area (TPSA) is 201 Å². The lowest BCUT2D eigenvalue weighted by atomic mass is 10.3. The Labute approximate surface area is 137 Å². The van der Waals surface area contributed by atoms with Gasteiger partial charge in [0.15, 0.2) is 0 Å². The molecule has 0 heterocycles. The van der Waals surface area contributed by atoms with E-state index in [0.29, 0.717) is 0 Å². The second-order valence-corrected chi connectivity index (χ2v) is 4.24. The fourth-order valence-corrected chi connectivity index (χ4v) is 0.924. The van der Waals surface area contributed by atoms with Crippen molar-refractivity contribution in [3.8, 4) is 0 Å². The fraction of sp³-hybridized carbons (Fsp3) is 0.286. The summed E-state index contributed by atoms with van der Waals surface area (Å²) in [5, 5.41) is 31.6. The lowest BCUT2D eigenvalue weighted by molar-refractivity contribution is -0.143. The molecule has 0 radical (unpaired) electrons. The van der Waals surface area contributed by atoms with Gasteiger partial charge in [-0.25, -0.2) is 0 Å². The zero-order valence-electron chi connectivity index (χ0n) is 12.7. The van der Waals surface area contributed by atoms with E-state index < -0.39 is 23.9 Å². The molecule has 10 heteroatoms. The van der Waals surface area contributed by atoms with Crippen LogP contribution in [0.4, 0.5) is 11.4 Å². The second kappa shape index (κ2) is 13.4. The number of aliphatic carboxylic acids is 4. The van der Waals surface area contributed by atoms with E-state index in [0.717, 1.165) is 11.4 Å². The Morgan fingerprint density at radius 3 is 0.875 bits per heavy atom. The summed E-state index contributed by atoms with van der Waals surface area (Å²) in [6, 6.07) is 7.09. The zero-order valence-corrected chi connectivity index (χ0v) is 12.7. The molecule has 8 N–H and O–H groups in total. The molecule has 0 aliphatic rings. The standard InChI is InChI=1S/C6H8N2.2C4H6O4/c7-5-1-2-6(8)4-3-5;2*5-3(6)1-2-4(7)8/h1-4H,7-8H2;2*1-2H2,(H,5,6)(H,7,8). The molecular weight excluding hydrogens is 324 g/mol. The van der Waals surface area contributed by atoms with Gasteiger partial charge in [-0.1, -0.05) is 0 Å². The molecule has 0 spiro atoms. The van der Waals surface area contributed by atoms with Crippen LogP contribution in [0.3, 0.4) is 0 Å². The summed E-state index contributed by atoms with van der Waals surface area (Å²) >= 11 is 0. The minimum atomic E-state index is -1.08. The van der Waals surface area contributed by atoms with Crippen LogP contribution in [0.2, 0.25) is 0 Å². The van der Waals surface area contributed by atoms with Crippen molar-refractivity contribution >= 4 is 35.3 Å². The average Bonchev–Trinajstić information content (AvgIpc) is 2.47. The van der Waals surface area contributed by atoms with E-state index in [-0.39, 0.29) is 25.7 Å². The zero-order chi connectivity index (χ0) is 19.1. The highest BCUT2D eigenvalue weighted by Gasteiger charge is 2.01. The molecule has 0 saturated carbocycles. The van der Waals surface area contributed by atoms with E-state index in [2.05, 4.69) is 0 Å². The van der Waals surface area contributed by atoms with Crippen LogP contribution in [0.15, 0.2) is 24.3 Å². The van der Waals surface area contributed by atoms with Gasteiger partial charge in [-0.2, -0.15) is 0 Å². The summed E-state index contributed by atoms with van der Waals surface area (Å²) in [6.45, 7) is 0. The molecule has 0 saturated heterocycles. The number of carboxylic acids is 4. The molecule has 134 valence electrons. The number of benzene rings is 1. The summed E-state index contributed by atoms with van der Waals surface area (Å²) in [5.41, 5.74) is 12.2. The SMILES string of the molecule is Nc1ccc(N)cc1.O=C(O)CCC(=O)O.O=C(O)CCC(=O)O. The second-order valence-electron chi connectivity index (χ2n) is 4.24. The smallest absolute Gasteiger partial charge is 0.303 e. The van der Waals surface area contributed by atoms with Crippen LogP contribution in [0.5, 0.6) is 0 Å². The number of anilines is 2. The van der Waals surface area contributed by atoms with Crippen LogP contribution in [0.1, 0.15) is 25.7 Å². The number of nitrogen functional groups attached to an aromatic ring is 2. The number of carbonyl (C=O) groups is 4. The number of nitrogens with two attached hydrogens (primary N) is 2. The minimum absolute atomic E-state index is 0.296. The van der Waals surface area contributed by atoms with Gasteiger partial charge < -0.3 is 31.9 Å². The molecule has 24 heavy (non-hydrogen) atoms. The third-order valence-electron chi connectivity index (χ3n) is 2.04. The molecule has 0 aliphatic heterocycles. The van der Waals surface area contributed by atoms with Crippen LogP contribution in [-0.4, -0.2) is 44.3 Å². The van der Waals surface area contributed by atoms with Gasteiger partial charge >= 0.3 is 23.9 Å². The van der Waals surface area contributed by atoms with Crippen molar-refractivity contribution in [3.05, 3.63) is 24.3 Å². The first-order chi connectivity index (χ1) is 11.0. The van der Waals surface area contributed by atoms with Gasteiger partial charge in [0.05, 0.1) is 25.7 Å². The largest absolute Gasteiger partial charge is 0.481 e. The number of rotatable bonds is 6. The van der Waals surface area contributed by atoms with Gasteiger partial charge in [-0.05, 0) is 24.3 Å². The number of hydrogen-bond acceptors (Lipinski definition) is 6. The van der Waals surface area contributed by atoms with E-state index in [1.807, 2.05) is 0 Å². The van der Waals surface area contributed by atoms with Crippen LogP contribution < -0.4 is 11.5 Å². The van der Waals surface area contributed by atoms with Crippen molar-refractivity contribution in [3.63, 3.8) is 0 Å². The van der Waals surface area contributed by atoms with E-state index in [1.54, 1.807) is 24.3 Å². The van der Waals surface area contributed by atoms with Crippen molar-refractivity contribution in [2.24, 2.45) is 0 Å². The van der Waals surface area contributed by atoms with Crippen LogP contribution >= 0.6 is 0 Å². The Morgan fingerprint density at radius 1 is 0.583 bits per heavy atom. The summed E-state index contributed by atoms with van der Waals surface area (Å²) in [6.07, 6.45) is -1.19. The highest BCUT2D eigenvalue weighted by Crippen LogP contribution is 2.04. The minimum Gasteiger partial charge on any atom is -0.481 e. The molecule has 0 unspecified atom stereocenters. The lowest BCUT2D eigenvalue weighted by Gasteiger charge is -1.90. The molecule has 0 bridgehead atoms. The Balaban J connectivity index is 0. The quantitative estimate of drug-likeness (QED) is 0.399. The highest BCUT2D eigenvalue weighted by atomic mass is 16.4. The Bertz CT molecular complexity index is 465. The van der Waals surface area contributed by atoms with Crippen LogP contribution in [0, 0.1) is 0 Å². The first kappa shape index (κ1) is 23.0. The van der Waals surface area contributed by atoms with Gasteiger partial charge in [0, 0.05) is 11.4 Å². The van der Waals surface area contributed by atoms with Gasteiger partial charge in [-0.15, -0.1) is 0 Å². The molecular formula is C14H20N2O8. The summed E-state index contributed by atoms with van der Waals surface area (Å²) in [4.78, 5) is 38.6. The first-order valence-corrected chi connectivity index (χ1v) is 6.52. The maximum absolute atomic E-state index is 9.64. The predicted molar refractivity (Wildman–Crippen MR) is 84.3 cm³/mol. The predicted octanol–water partition coefficient (Wildman–Crippen LogP) is 0.723. The monoisotopic (exact) mass is 344 g/mol. The number of hydrogen-bond donors (Lipinski definition) is 6. The molecule has 10 nitrogen and oxygen atoms in total. The summed E-state index contributed by atoms with van der Waals surface area (Å²) in [5.74, 6) is -4.31. The molecule has 1 aromatic carbocycles. The van der Waals surface area contributed by atoms with Crippen molar-refractivity contribution in [2.75, 3.05) is 11.5 Å². The average molecular weight is 344 g/mol. The van der Waals surface area contributed by atoms with E-state index in [9.17, 15) is 19.2 Å². The summed E-state index contributed by atoms with van der Waals surface area (Å²) in [7, 11) is 0. The molecule has 0 amide bonds. The maximum atomic E-state index is 9.64. The Kier molecular flexibility index (Phi) is 12.8. The van der Waals surface area contributed by atoms with Gasteiger partial charge in [0.25, 0.3) is 0 Å². The maximum Gasteiger partial charge on any atom is 0.303 e. The lowest BCUT2D eigenvalue weighted by Crippen LogP contribution is -2.00. The molecule has 1 rings (SSSR count). The van der Waals surface area contributed by atoms with Crippen LogP contribution in [-0.2, 0) is 19.2 Å². The molecule has 1 aromatic rings. The first-order valence-electron chi connectivity index (χ1n) is 6.52. The van der Waals surface area contributed by atoms with Gasteiger partial charge in [0.1, 0.15) is 0 Å². The molecule has 0 aliphatic carbocycles. The summed E-state index contributed by atoms with van der Waals surface area (Å²) < 4.78 is 0. The van der Waals surface area contributed by atoms with E-state index in [4.69, 9.17) is 31.9 Å². The molecule has 0 aromatic heterocycles. The number of carboxylic acid groups (broad SMARTS) is 4. The highest BCUT2D eigenvalue weighted by molar-refractivity contribution is 5.75. The molecule has 0 atom stereocenters. The Morgan fingerprint density at radius 2 is 0.750 bits per heavy atom. The fourth-order valence-electron chi connectivity index (χ4n) is 0.924. The van der Waals surface area contributed by atoms with E-state index >= 15 is 0 Å². The molecule has 0 fully saturated rings. The van der Waals surface area contributed by atoms with Crippen molar-refractivity contribution in [1.82, 2.24) is 0 Å². The van der Waals surface area contributed by atoms with Gasteiger partial charge in [0.2, 0.25) is 0 Å². The van der Waals surface area contributed by atoms with Crippen molar-refractivity contribution < 1.29 is 39.6 Å².